The highest BCUT2D eigenvalue weighted by Crippen LogP contribution is 2.27. The smallest absolute Gasteiger partial charge is 0.214 e. The monoisotopic (exact) mass is 336 g/mol. The second kappa shape index (κ2) is 9.82. The van der Waals surface area contributed by atoms with Gasteiger partial charge in [0.1, 0.15) is 0 Å². The summed E-state index contributed by atoms with van der Waals surface area (Å²) in [5.41, 5.74) is 5.96. The maximum Gasteiger partial charge on any atom is 0.214 e. The molecule has 0 spiro atoms. The van der Waals surface area contributed by atoms with Crippen molar-refractivity contribution >= 4 is 10.0 Å². The molecule has 0 unspecified atom stereocenters. The Labute approximate surface area is 134 Å². The lowest BCUT2D eigenvalue weighted by Gasteiger charge is -2.29. The Morgan fingerprint density at radius 3 is 2.45 bits per heavy atom. The van der Waals surface area contributed by atoms with Crippen molar-refractivity contribution in [1.29, 1.82) is 0 Å². The Morgan fingerprint density at radius 2 is 1.86 bits per heavy atom. The number of nitrogens with two attached hydrogens (primary N) is 1. The van der Waals surface area contributed by atoms with Crippen LogP contribution in [0.5, 0.6) is 0 Å². The summed E-state index contributed by atoms with van der Waals surface area (Å²) in [5.74, 6) is -0.0270. The summed E-state index contributed by atoms with van der Waals surface area (Å²) >= 11 is 0. The van der Waals surface area contributed by atoms with Crippen molar-refractivity contribution < 1.29 is 18.6 Å². The third-order valence-electron chi connectivity index (χ3n) is 4.41. The lowest BCUT2D eigenvalue weighted by Crippen LogP contribution is -2.48. The van der Waals surface area contributed by atoms with Gasteiger partial charge in [-0.3, -0.25) is 0 Å². The summed E-state index contributed by atoms with van der Waals surface area (Å²) in [5, 5.41) is 20.0. The molecule has 0 heterocycles. The summed E-state index contributed by atoms with van der Waals surface area (Å²) in [7, 11) is -3.58. The Bertz CT molecular complexity index is 396. The largest absolute Gasteiger partial charge is 0.389 e. The molecule has 1 fully saturated rings. The molecule has 1 aliphatic rings. The molecule has 0 aromatic carbocycles. The molecule has 0 saturated heterocycles. The van der Waals surface area contributed by atoms with Gasteiger partial charge in [0, 0.05) is 12.6 Å². The summed E-state index contributed by atoms with van der Waals surface area (Å²) in [6.07, 6.45) is 5.56. The van der Waals surface area contributed by atoms with E-state index in [1.54, 1.807) is 0 Å². The minimum Gasteiger partial charge on any atom is -0.389 e. The van der Waals surface area contributed by atoms with E-state index in [-0.39, 0.29) is 0 Å². The van der Waals surface area contributed by atoms with Gasteiger partial charge in [0.2, 0.25) is 10.0 Å². The lowest BCUT2D eigenvalue weighted by molar-refractivity contribution is 0.0107. The first-order valence-electron chi connectivity index (χ1n) is 8.44. The van der Waals surface area contributed by atoms with Crippen molar-refractivity contribution in [2.24, 2.45) is 11.7 Å². The average molecular weight is 336 g/mol. The number of hydrogen-bond acceptors (Lipinski definition) is 5. The van der Waals surface area contributed by atoms with Crippen LogP contribution >= 0.6 is 0 Å². The van der Waals surface area contributed by atoms with E-state index in [0.29, 0.717) is 18.9 Å². The van der Waals surface area contributed by atoms with Crippen LogP contribution in [0.15, 0.2) is 0 Å². The predicted molar refractivity (Wildman–Crippen MR) is 87.9 cm³/mol. The van der Waals surface area contributed by atoms with E-state index in [1.165, 1.54) is 19.3 Å². The summed E-state index contributed by atoms with van der Waals surface area (Å²) in [6.45, 7) is 2.33. The Morgan fingerprint density at radius 1 is 1.23 bits per heavy atom. The molecular weight excluding hydrogens is 304 g/mol. The zero-order valence-electron chi connectivity index (χ0n) is 13.6. The third kappa shape index (κ3) is 7.37. The fourth-order valence-electron chi connectivity index (χ4n) is 3.02. The topological polar surface area (TPSA) is 113 Å². The molecule has 0 bridgehead atoms. The van der Waals surface area contributed by atoms with Crippen LogP contribution in [0.2, 0.25) is 0 Å². The van der Waals surface area contributed by atoms with Gasteiger partial charge in [-0.15, -0.1) is 0 Å². The van der Waals surface area contributed by atoms with Crippen LogP contribution in [-0.2, 0) is 10.0 Å². The summed E-state index contributed by atoms with van der Waals surface area (Å²) in [4.78, 5) is 0. The van der Waals surface area contributed by atoms with Gasteiger partial charge in [0.05, 0.1) is 18.0 Å². The minimum atomic E-state index is -3.58. The molecule has 0 radical (unpaired) electrons. The van der Waals surface area contributed by atoms with E-state index in [0.717, 1.165) is 25.7 Å². The molecule has 7 heteroatoms. The van der Waals surface area contributed by atoms with Crippen LogP contribution in [0, 0.1) is 5.92 Å². The van der Waals surface area contributed by atoms with Crippen LogP contribution in [-0.4, -0.2) is 49.2 Å². The van der Waals surface area contributed by atoms with Crippen LogP contribution in [0.1, 0.15) is 58.3 Å². The molecule has 0 amide bonds. The van der Waals surface area contributed by atoms with E-state index in [4.69, 9.17) is 5.73 Å². The van der Waals surface area contributed by atoms with Crippen LogP contribution < -0.4 is 10.5 Å². The highest BCUT2D eigenvalue weighted by molar-refractivity contribution is 7.89. The SMILES string of the molecule is CCCCNS(=O)(=O)C[C@@H](O)[C@H](O)[C@@H](N)CC1CCCCC1. The number of aliphatic hydroxyl groups excluding tert-OH is 2. The molecule has 1 rings (SSSR count). The number of unbranched alkanes of at least 4 members (excludes halogenated alkanes) is 1. The van der Waals surface area contributed by atoms with E-state index >= 15 is 0 Å². The van der Waals surface area contributed by atoms with Gasteiger partial charge in [0.25, 0.3) is 0 Å². The normalized spacial score (nSPS) is 21.5. The number of nitrogens with one attached hydrogen (secondary N) is 1. The van der Waals surface area contributed by atoms with E-state index in [9.17, 15) is 18.6 Å². The van der Waals surface area contributed by atoms with E-state index < -0.39 is 34.0 Å². The minimum absolute atomic E-state index is 0.357. The summed E-state index contributed by atoms with van der Waals surface area (Å²) in [6, 6.07) is -0.580. The van der Waals surface area contributed by atoms with Gasteiger partial charge in [-0.1, -0.05) is 45.4 Å². The van der Waals surface area contributed by atoms with Crippen molar-refractivity contribution in [3.63, 3.8) is 0 Å². The summed E-state index contributed by atoms with van der Waals surface area (Å²) < 4.78 is 26.0. The molecule has 22 heavy (non-hydrogen) atoms. The number of rotatable bonds is 10. The fourth-order valence-corrected chi connectivity index (χ4v) is 4.24. The number of hydrogen-bond donors (Lipinski definition) is 4. The third-order valence-corrected chi connectivity index (χ3v) is 5.83. The van der Waals surface area contributed by atoms with Crippen molar-refractivity contribution in [2.75, 3.05) is 12.3 Å². The molecule has 1 aliphatic carbocycles. The van der Waals surface area contributed by atoms with Crippen LogP contribution in [0.4, 0.5) is 0 Å². The Hall–Kier alpha value is -0.210. The van der Waals surface area contributed by atoms with E-state index in [1.807, 2.05) is 6.92 Å². The van der Waals surface area contributed by atoms with Crippen LogP contribution in [0.25, 0.3) is 0 Å². The van der Waals surface area contributed by atoms with Gasteiger partial charge in [-0.25, -0.2) is 13.1 Å². The molecular formula is C15H32N2O4S. The second-order valence-corrected chi connectivity index (χ2v) is 8.34. The first kappa shape index (κ1) is 19.8. The lowest BCUT2D eigenvalue weighted by atomic mass is 9.83. The molecule has 5 N–H and O–H groups in total. The van der Waals surface area contributed by atoms with Gasteiger partial charge >= 0.3 is 0 Å². The Balaban J connectivity index is 2.40. The van der Waals surface area contributed by atoms with Crippen molar-refractivity contribution in [2.45, 2.75) is 76.5 Å². The number of aliphatic hydroxyl groups is 2. The van der Waals surface area contributed by atoms with Crippen molar-refractivity contribution in [3.05, 3.63) is 0 Å². The van der Waals surface area contributed by atoms with Crippen LogP contribution in [0.3, 0.4) is 0 Å². The van der Waals surface area contributed by atoms with E-state index in [2.05, 4.69) is 4.72 Å². The second-order valence-electron chi connectivity index (χ2n) is 6.49. The fraction of sp³-hybridized carbons (Fsp3) is 1.00. The number of sulfonamides is 1. The molecule has 0 aromatic rings. The maximum absolute atomic E-state index is 11.8. The molecule has 3 atom stereocenters. The van der Waals surface area contributed by atoms with Gasteiger partial charge < -0.3 is 15.9 Å². The van der Waals surface area contributed by atoms with Gasteiger partial charge in [-0.05, 0) is 18.8 Å². The standard InChI is InChI=1S/C15H32N2O4S/c1-2-3-9-17-22(20,21)11-14(18)15(19)13(16)10-12-7-5-4-6-8-12/h12-15,17-19H,2-11,16H2,1H3/t13-,14+,15+/m0/s1. The highest BCUT2D eigenvalue weighted by atomic mass is 32.2. The molecule has 0 aliphatic heterocycles. The highest BCUT2D eigenvalue weighted by Gasteiger charge is 2.29. The average Bonchev–Trinajstić information content (AvgIpc) is 2.47. The zero-order valence-corrected chi connectivity index (χ0v) is 14.4. The molecule has 6 nitrogen and oxygen atoms in total. The molecule has 1 saturated carbocycles. The molecule has 0 aromatic heterocycles. The first-order valence-corrected chi connectivity index (χ1v) is 10.1. The zero-order chi connectivity index (χ0) is 16.6. The van der Waals surface area contributed by atoms with Crippen molar-refractivity contribution in [3.8, 4) is 0 Å². The van der Waals surface area contributed by atoms with Gasteiger partial charge in [0.15, 0.2) is 0 Å². The first-order chi connectivity index (χ1) is 10.4. The Kier molecular flexibility index (Phi) is 8.86. The quantitative estimate of drug-likeness (QED) is 0.439. The molecule has 132 valence electrons. The maximum atomic E-state index is 11.8. The van der Waals surface area contributed by atoms with Gasteiger partial charge in [-0.2, -0.15) is 0 Å². The van der Waals surface area contributed by atoms with Crippen molar-refractivity contribution in [1.82, 2.24) is 4.72 Å². The predicted octanol–water partition coefficient (Wildman–Crippen LogP) is 0.725.